The Hall–Kier alpha value is -4.90. The number of quaternary nitrogens is 1. The summed E-state index contributed by atoms with van der Waals surface area (Å²) in [6.45, 7) is 0.686. The number of benzene rings is 3. The molecule has 0 aliphatic carbocycles. The van der Waals surface area contributed by atoms with Crippen LogP contribution in [-0.2, 0) is 13.1 Å². The molecule has 220 valence electrons. The van der Waals surface area contributed by atoms with Gasteiger partial charge < -0.3 is 14.8 Å². The number of nitrogens with one attached hydrogen (secondary N) is 1. The molecular weight excluding hydrogens is 620 g/mol. The first-order chi connectivity index (χ1) is 21.1. The van der Waals surface area contributed by atoms with E-state index < -0.39 is 0 Å². The SMILES string of the molecule is C[N+](C)(N)C(=O)c1ccc2n1Cc1ccccc1N(C(=O)c1ccc(NC(=O)c3ccccc3-c3ccccn3)cc1Br)C2. The number of pyridine rings is 1. The number of carbonyl (C=O) groups is 3. The Bertz CT molecular complexity index is 1910. The van der Waals surface area contributed by atoms with Gasteiger partial charge in [-0.2, -0.15) is 10.4 Å². The van der Waals surface area contributed by atoms with Crippen LogP contribution in [0.4, 0.5) is 11.4 Å². The molecule has 3 N–H and O–H groups in total. The molecule has 0 atom stereocenters. The number of halogens is 1. The van der Waals surface area contributed by atoms with Crippen LogP contribution in [0, 0.1) is 0 Å². The smallest absolute Gasteiger partial charge is 0.331 e. The molecule has 44 heavy (non-hydrogen) atoms. The number of fused-ring (bicyclic) bond motifs is 2. The molecule has 3 aromatic carbocycles. The molecule has 1 aliphatic heterocycles. The number of nitrogens with zero attached hydrogens (tertiary/aromatic N) is 4. The Balaban J connectivity index is 1.28. The van der Waals surface area contributed by atoms with E-state index in [4.69, 9.17) is 5.84 Å². The topological polar surface area (TPSA) is 110 Å². The van der Waals surface area contributed by atoms with E-state index in [1.54, 1.807) is 55.5 Å². The quantitative estimate of drug-likeness (QED) is 0.107. The number of nitrogens with two attached hydrogens (primary N) is 1. The van der Waals surface area contributed by atoms with Crippen LogP contribution in [-0.4, -0.2) is 46.0 Å². The van der Waals surface area contributed by atoms with Gasteiger partial charge in [0.05, 0.1) is 38.4 Å². The summed E-state index contributed by atoms with van der Waals surface area (Å²) in [7, 11) is 3.26. The maximum absolute atomic E-state index is 14.1. The fraction of sp³-hybridized carbons (Fsp3) is 0.118. The van der Waals surface area contributed by atoms with Crippen molar-refractivity contribution in [2.45, 2.75) is 13.1 Å². The molecule has 3 heterocycles. The van der Waals surface area contributed by atoms with Gasteiger partial charge in [0.1, 0.15) is 5.69 Å². The highest BCUT2D eigenvalue weighted by Gasteiger charge is 2.32. The predicted molar refractivity (Wildman–Crippen MR) is 173 cm³/mol. The van der Waals surface area contributed by atoms with Gasteiger partial charge in [-0.25, -0.2) is 4.79 Å². The molecule has 0 fully saturated rings. The zero-order valence-corrected chi connectivity index (χ0v) is 25.8. The minimum Gasteiger partial charge on any atom is -0.331 e. The third-order valence-electron chi connectivity index (χ3n) is 7.56. The third-order valence-corrected chi connectivity index (χ3v) is 8.22. The minimum absolute atomic E-state index is 0.222. The summed E-state index contributed by atoms with van der Waals surface area (Å²) in [6, 6.07) is 29.3. The summed E-state index contributed by atoms with van der Waals surface area (Å²) in [5.74, 6) is 5.36. The monoisotopic (exact) mass is 649 g/mol. The molecule has 0 unspecified atom stereocenters. The van der Waals surface area contributed by atoms with Gasteiger partial charge in [0.15, 0.2) is 0 Å². The van der Waals surface area contributed by atoms with Crippen LogP contribution in [0.25, 0.3) is 11.3 Å². The van der Waals surface area contributed by atoms with Gasteiger partial charge in [0.25, 0.3) is 11.8 Å². The first-order valence-corrected chi connectivity index (χ1v) is 14.8. The van der Waals surface area contributed by atoms with Crippen LogP contribution in [0.1, 0.15) is 42.5 Å². The molecule has 0 spiro atoms. The largest absolute Gasteiger partial charge is 0.380 e. The second-order valence-electron chi connectivity index (χ2n) is 11.1. The van der Waals surface area contributed by atoms with Crippen molar-refractivity contribution in [2.24, 2.45) is 5.84 Å². The van der Waals surface area contributed by atoms with Crippen LogP contribution in [0.3, 0.4) is 0 Å². The van der Waals surface area contributed by atoms with Gasteiger partial charge in [-0.05, 0) is 76.1 Å². The standard InChI is InChI=1S/C34H29BrN6O3/c1-41(2,36)34(44)31-17-15-24-21-40(30-13-6-3-9-22(30)20-39(24)31)33(43)27-16-14-23(19-28(27)35)38-32(42)26-11-5-4-10-25(26)29-12-7-8-18-37-29/h3-19H,20-21,36H2,1-2H3/p+1. The molecule has 0 bridgehead atoms. The van der Waals surface area contributed by atoms with Crippen molar-refractivity contribution in [3.63, 3.8) is 0 Å². The number of rotatable bonds is 5. The molecule has 6 rings (SSSR count). The number of hydrogen-bond donors (Lipinski definition) is 2. The Morgan fingerprint density at radius 3 is 2.36 bits per heavy atom. The van der Waals surface area contributed by atoms with Crippen LogP contribution < -0.4 is 16.1 Å². The molecule has 0 saturated heterocycles. The zero-order chi connectivity index (χ0) is 31.0. The normalized spacial score (nSPS) is 12.6. The molecule has 0 radical (unpaired) electrons. The predicted octanol–water partition coefficient (Wildman–Crippen LogP) is 5.86. The second kappa shape index (κ2) is 11.6. The lowest BCUT2D eigenvalue weighted by Crippen LogP contribution is -2.52. The second-order valence-corrected chi connectivity index (χ2v) is 11.9. The van der Waals surface area contributed by atoms with Crippen molar-refractivity contribution >= 4 is 45.0 Å². The summed E-state index contributed by atoms with van der Waals surface area (Å²) >= 11 is 3.57. The van der Waals surface area contributed by atoms with E-state index in [-0.39, 0.29) is 28.9 Å². The first kappa shape index (κ1) is 29.2. The molecule has 0 saturated carbocycles. The average molecular weight is 651 g/mol. The van der Waals surface area contributed by atoms with Gasteiger partial charge in [0, 0.05) is 38.9 Å². The summed E-state index contributed by atoms with van der Waals surface area (Å²) in [4.78, 5) is 46.6. The lowest BCUT2D eigenvalue weighted by atomic mass is 10.0. The molecule has 5 aromatic rings. The summed E-state index contributed by atoms with van der Waals surface area (Å²) < 4.78 is 2.13. The zero-order valence-electron chi connectivity index (χ0n) is 24.2. The van der Waals surface area contributed by atoms with Crippen molar-refractivity contribution in [3.8, 4) is 11.3 Å². The van der Waals surface area contributed by atoms with Crippen LogP contribution in [0.15, 0.2) is 108 Å². The number of para-hydroxylation sites is 1. The van der Waals surface area contributed by atoms with E-state index in [2.05, 4.69) is 26.2 Å². The molecule has 3 amide bonds. The van der Waals surface area contributed by atoms with Crippen LogP contribution in [0.5, 0.6) is 0 Å². The highest BCUT2D eigenvalue weighted by molar-refractivity contribution is 9.10. The Morgan fingerprint density at radius 1 is 0.864 bits per heavy atom. The van der Waals surface area contributed by atoms with E-state index in [9.17, 15) is 14.4 Å². The van der Waals surface area contributed by atoms with Crippen molar-refractivity contribution < 1.29 is 19.0 Å². The minimum atomic E-state index is -0.335. The summed E-state index contributed by atoms with van der Waals surface area (Å²) in [5, 5.41) is 2.95. The summed E-state index contributed by atoms with van der Waals surface area (Å²) in [6.07, 6.45) is 1.69. The molecule has 2 aromatic heterocycles. The van der Waals surface area contributed by atoms with Crippen molar-refractivity contribution in [3.05, 3.63) is 136 Å². The fourth-order valence-corrected chi connectivity index (χ4v) is 5.91. The van der Waals surface area contributed by atoms with E-state index in [0.29, 0.717) is 39.2 Å². The van der Waals surface area contributed by atoms with Crippen LogP contribution in [0.2, 0.25) is 0 Å². The number of amides is 3. The Morgan fingerprint density at radius 2 is 1.61 bits per heavy atom. The maximum Gasteiger partial charge on any atom is 0.380 e. The number of hydrogen-bond acceptors (Lipinski definition) is 5. The van der Waals surface area contributed by atoms with Gasteiger partial charge >= 0.3 is 5.91 Å². The molecule has 1 aliphatic rings. The van der Waals surface area contributed by atoms with Crippen molar-refractivity contribution in [2.75, 3.05) is 24.3 Å². The van der Waals surface area contributed by atoms with E-state index >= 15 is 0 Å². The summed E-state index contributed by atoms with van der Waals surface area (Å²) in [5.41, 5.74) is 5.84. The Kier molecular flexibility index (Phi) is 7.73. The van der Waals surface area contributed by atoms with E-state index in [1.807, 2.05) is 71.3 Å². The van der Waals surface area contributed by atoms with Crippen molar-refractivity contribution in [1.82, 2.24) is 9.55 Å². The highest BCUT2D eigenvalue weighted by Crippen LogP contribution is 2.33. The number of anilines is 2. The molecule has 10 heteroatoms. The van der Waals surface area contributed by atoms with Gasteiger partial charge in [-0.3, -0.25) is 14.6 Å². The highest BCUT2D eigenvalue weighted by atomic mass is 79.9. The van der Waals surface area contributed by atoms with E-state index in [0.717, 1.165) is 22.5 Å². The fourth-order valence-electron chi connectivity index (χ4n) is 5.36. The number of aromatic nitrogens is 2. The molecular formula is C34H30BrN6O3+. The molecule has 9 nitrogen and oxygen atoms in total. The van der Waals surface area contributed by atoms with Gasteiger partial charge in [-0.15, -0.1) is 0 Å². The maximum atomic E-state index is 14.1. The van der Waals surface area contributed by atoms with Gasteiger partial charge in [-0.1, -0.05) is 42.5 Å². The lowest BCUT2D eigenvalue weighted by Gasteiger charge is -2.23. The third kappa shape index (κ3) is 5.58. The van der Waals surface area contributed by atoms with Crippen molar-refractivity contribution in [1.29, 1.82) is 0 Å². The van der Waals surface area contributed by atoms with E-state index in [1.165, 1.54) is 0 Å². The Labute approximate surface area is 263 Å². The first-order valence-electron chi connectivity index (χ1n) is 14.0. The lowest BCUT2D eigenvalue weighted by molar-refractivity contribution is -0.819. The van der Waals surface area contributed by atoms with Gasteiger partial charge in [0.2, 0.25) is 0 Å². The number of carbonyl (C=O) groups excluding carboxylic acids is 3. The van der Waals surface area contributed by atoms with Crippen LogP contribution >= 0.6 is 15.9 Å². The average Bonchev–Trinajstić information content (AvgIpc) is 3.32.